The van der Waals surface area contributed by atoms with Crippen molar-refractivity contribution in [2.24, 2.45) is 0 Å². The molecule has 2 heterocycles. The number of fused-ring (bicyclic) bond motifs is 1. The number of nitrogens with zero attached hydrogens (tertiary/aromatic N) is 1. The van der Waals surface area contributed by atoms with E-state index in [0.29, 0.717) is 6.54 Å². The van der Waals surface area contributed by atoms with Crippen LogP contribution in [0.4, 0.5) is 4.79 Å². The standard InChI is InChI=1S/C6H6N2O2/c9-5-2-1-4-3-7-6(10)8(4)5/h1-2,4H,3H2,(H,7,10). The van der Waals surface area contributed by atoms with E-state index in [2.05, 4.69) is 5.32 Å². The summed E-state index contributed by atoms with van der Waals surface area (Å²) in [4.78, 5) is 22.9. The lowest BCUT2D eigenvalue weighted by molar-refractivity contribution is -0.122. The first-order valence-corrected chi connectivity index (χ1v) is 3.08. The molecule has 2 aliphatic rings. The van der Waals surface area contributed by atoms with Gasteiger partial charge >= 0.3 is 6.03 Å². The Hall–Kier alpha value is -1.32. The van der Waals surface area contributed by atoms with Crippen LogP contribution in [0.1, 0.15) is 0 Å². The Balaban J connectivity index is 2.33. The molecule has 1 atom stereocenters. The Kier molecular flexibility index (Phi) is 0.869. The second-order valence-corrected chi connectivity index (χ2v) is 2.32. The van der Waals surface area contributed by atoms with Crippen LogP contribution in [0.2, 0.25) is 0 Å². The van der Waals surface area contributed by atoms with Crippen LogP contribution in [-0.4, -0.2) is 29.4 Å². The van der Waals surface area contributed by atoms with Gasteiger partial charge in [-0.05, 0) is 0 Å². The largest absolute Gasteiger partial charge is 0.335 e. The molecule has 0 saturated carbocycles. The summed E-state index contributed by atoms with van der Waals surface area (Å²) in [6.07, 6.45) is 3.17. The number of hydrogen-bond acceptors (Lipinski definition) is 2. The number of carbonyl (C=O) groups excluding carboxylic acids is 2. The van der Waals surface area contributed by atoms with E-state index in [1.54, 1.807) is 6.08 Å². The van der Waals surface area contributed by atoms with E-state index < -0.39 is 0 Å². The molecule has 1 fully saturated rings. The van der Waals surface area contributed by atoms with Crippen molar-refractivity contribution in [1.29, 1.82) is 0 Å². The zero-order chi connectivity index (χ0) is 7.14. The van der Waals surface area contributed by atoms with Crippen LogP contribution in [0.5, 0.6) is 0 Å². The predicted octanol–water partition coefficient (Wildman–Crippen LogP) is -0.523. The predicted molar refractivity (Wildman–Crippen MR) is 33.2 cm³/mol. The van der Waals surface area contributed by atoms with Gasteiger partial charge in [0.05, 0.1) is 6.04 Å². The van der Waals surface area contributed by atoms with Gasteiger partial charge in [-0.2, -0.15) is 0 Å². The summed E-state index contributed by atoms with van der Waals surface area (Å²) in [6, 6.07) is -0.306. The fourth-order valence-corrected chi connectivity index (χ4v) is 1.21. The highest BCUT2D eigenvalue weighted by atomic mass is 16.2. The molecule has 4 nitrogen and oxygen atoms in total. The quantitative estimate of drug-likeness (QED) is 0.489. The van der Waals surface area contributed by atoms with Gasteiger partial charge in [0, 0.05) is 12.6 Å². The minimum absolute atomic E-state index is 0.0278. The number of nitrogens with one attached hydrogen (secondary N) is 1. The van der Waals surface area contributed by atoms with Crippen LogP contribution in [-0.2, 0) is 4.79 Å². The van der Waals surface area contributed by atoms with Gasteiger partial charge in [-0.1, -0.05) is 6.08 Å². The van der Waals surface area contributed by atoms with E-state index in [9.17, 15) is 9.59 Å². The van der Waals surface area contributed by atoms with Gasteiger partial charge in [-0.3, -0.25) is 9.69 Å². The molecule has 1 N–H and O–H groups in total. The molecule has 2 aliphatic heterocycles. The molecule has 2 rings (SSSR count). The van der Waals surface area contributed by atoms with Crippen molar-refractivity contribution in [3.63, 3.8) is 0 Å². The first-order valence-electron chi connectivity index (χ1n) is 3.08. The van der Waals surface area contributed by atoms with Crippen molar-refractivity contribution < 1.29 is 9.59 Å². The number of hydrogen-bond donors (Lipinski definition) is 1. The Labute approximate surface area is 57.5 Å². The molecule has 1 unspecified atom stereocenters. The van der Waals surface area contributed by atoms with E-state index >= 15 is 0 Å². The molecule has 0 spiro atoms. The van der Waals surface area contributed by atoms with Gasteiger partial charge in [0.25, 0.3) is 5.91 Å². The number of amides is 3. The normalized spacial score (nSPS) is 29.2. The van der Waals surface area contributed by atoms with E-state index in [0.717, 1.165) is 0 Å². The first-order chi connectivity index (χ1) is 4.79. The molecule has 10 heavy (non-hydrogen) atoms. The van der Waals surface area contributed by atoms with Gasteiger partial charge in [0.15, 0.2) is 0 Å². The molecule has 0 aliphatic carbocycles. The van der Waals surface area contributed by atoms with Crippen LogP contribution in [0, 0.1) is 0 Å². The Bertz CT molecular complexity index is 234. The summed E-state index contributed by atoms with van der Waals surface area (Å²) in [5.74, 6) is -0.208. The molecule has 0 aromatic carbocycles. The average molecular weight is 138 g/mol. The van der Waals surface area contributed by atoms with E-state index in [1.807, 2.05) is 0 Å². The summed E-state index contributed by atoms with van der Waals surface area (Å²) in [5.41, 5.74) is 0. The summed E-state index contributed by atoms with van der Waals surface area (Å²) in [6.45, 7) is 0.557. The van der Waals surface area contributed by atoms with E-state index in [1.165, 1.54) is 11.0 Å². The molecule has 0 bridgehead atoms. The van der Waals surface area contributed by atoms with Gasteiger partial charge in [0.2, 0.25) is 0 Å². The molecule has 1 saturated heterocycles. The van der Waals surface area contributed by atoms with E-state index in [-0.39, 0.29) is 18.0 Å². The van der Waals surface area contributed by atoms with Crippen LogP contribution < -0.4 is 5.32 Å². The molecule has 0 aromatic rings. The molecule has 0 radical (unpaired) electrons. The highest BCUT2D eigenvalue weighted by Crippen LogP contribution is 2.14. The van der Waals surface area contributed by atoms with Crippen molar-refractivity contribution in [3.05, 3.63) is 12.2 Å². The zero-order valence-electron chi connectivity index (χ0n) is 5.20. The maximum atomic E-state index is 10.8. The number of carbonyl (C=O) groups is 2. The van der Waals surface area contributed by atoms with Gasteiger partial charge in [-0.25, -0.2) is 4.79 Å². The first kappa shape index (κ1) is 5.46. The van der Waals surface area contributed by atoms with Crippen molar-refractivity contribution in [1.82, 2.24) is 10.2 Å². The molecular weight excluding hydrogens is 132 g/mol. The van der Waals surface area contributed by atoms with Crippen molar-refractivity contribution in [2.45, 2.75) is 6.04 Å². The summed E-state index contributed by atoms with van der Waals surface area (Å²) in [5, 5.41) is 2.57. The Morgan fingerprint density at radius 2 is 2.40 bits per heavy atom. The highest BCUT2D eigenvalue weighted by Gasteiger charge is 2.36. The second kappa shape index (κ2) is 1.59. The number of urea groups is 1. The van der Waals surface area contributed by atoms with Crippen LogP contribution in [0.15, 0.2) is 12.2 Å². The minimum atomic E-state index is -0.278. The van der Waals surface area contributed by atoms with Crippen molar-refractivity contribution in [2.75, 3.05) is 6.54 Å². The number of imide groups is 1. The fraction of sp³-hybridized carbons (Fsp3) is 0.333. The van der Waals surface area contributed by atoms with Gasteiger partial charge in [0.1, 0.15) is 0 Å². The third-order valence-electron chi connectivity index (χ3n) is 1.71. The van der Waals surface area contributed by atoms with Crippen molar-refractivity contribution >= 4 is 11.9 Å². The van der Waals surface area contributed by atoms with Crippen LogP contribution >= 0.6 is 0 Å². The third kappa shape index (κ3) is 0.504. The van der Waals surface area contributed by atoms with Gasteiger partial charge < -0.3 is 5.32 Å². The topological polar surface area (TPSA) is 49.4 Å². The lowest BCUT2D eigenvalue weighted by Gasteiger charge is -2.08. The maximum Gasteiger partial charge on any atom is 0.325 e. The maximum absolute atomic E-state index is 10.8. The Morgan fingerprint density at radius 3 is 3.10 bits per heavy atom. The smallest absolute Gasteiger partial charge is 0.325 e. The van der Waals surface area contributed by atoms with Gasteiger partial charge in [-0.15, -0.1) is 0 Å². The minimum Gasteiger partial charge on any atom is -0.335 e. The second-order valence-electron chi connectivity index (χ2n) is 2.32. The summed E-state index contributed by atoms with van der Waals surface area (Å²) in [7, 11) is 0. The summed E-state index contributed by atoms with van der Waals surface area (Å²) < 4.78 is 0. The fourth-order valence-electron chi connectivity index (χ4n) is 1.21. The van der Waals surface area contributed by atoms with E-state index in [4.69, 9.17) is 0 Å². The molecule has 4 heteroatoms. The SMILES string of the molecule is O=C1C=CC2CNC(=O)N12. The lowest BCUT2D eigenvalue weighted by Crippen LogP contribution is -2.33. The molecule has 3 amide bonds. The Morgan fingerprint density at radius 1 is 1.60 bits per heavy atom. The van der Waals surface area contributed by atoms with Crippen LogP contribution in [0.25, 0.3) is 0 Å². The highest BCUT2D eigenvalue weighted by molar-refractivity contribution is 6.04. The number of rotatable bonds is 0. The lowest BCUT2D eigenvalue weighted by atomic mass is 10.3. The molecule has 0 aromatic heterocycles. The average Bonchev–Trinajstić information content (AvgIpc) is 2.40. The van der Waals surface area contributed by atoms with Crippen LogP contribution in [0.3, 0.4) is 0 Å². The zero-order valence-corrected chi connectivity index (χ0v) is 5.20. The monoisotopic (exact) mass is 138 g/mol. The molecular formula is C6H6N2O2. The molecule has 52 valence electrons. The third-order valence-corrected chi connectivity index (χ3v) is 1.71. The van der Waals surface area contributed by atoms with Crippen molar-refractivity contribution in [3.8, 4) is 0 Å². The summed E-state index contributed by atoms with van der Waals surface area (Å²) >= 11 is 0.